The molecule has 8 heteroatoms. The smallest absolute Gasteiger partial charge is 0.234 e. The van der Waals surface area contributed by atoms with Crippen LogP contribution in [0.4, 0.5) is 15.8 Å². The molecule has 2 atom stereocenters. The quantitative estimate of drug-likeness (QED) is 0.556. The fourth-order valence-corrected chi connectivity index (χ4v) is 4.68. The molecule has 1 aliphatic heterocycles. The number of hydrogen-bond acceptors (Lipinski definition) is 5. The minimum absolute atomic E-state index is 0.153. The molecule has 1 heterocycles. The standard InChI is InChI=1S/C26H35FN4O2S/c1-5-30-12-14-31(15-13-30)24-11-8-21(27)16-23(24)19(3)28-26(33)20(4)34-17-25(32)29-22-9-6-18(2)7-10-22/h6-11,16,19-20H,5,12-15,17H2,1-4H3,(H,28,33)(H,29,32). The van der Waals surface area contributed by atoms with Crippen LogP contribution in [-0.2, 0) is 9.59 Å². The number of rotatable bonds is 9. The zero-order valence-electron chi connectivity index (χ0n) is 20.4. The van der Waals surface area contributed by atoms with E-state index in [1.807, 2.05) is 44.2 Å². The van der Waals surface area contributed by atoms with Crippen molar-refractivity contribution in [2.75, 3.05) is 48.7 Å². The van der Waals surface area contributed by atoms with Crippen molar-refractivity contribution in [3.8, 4) is 0 Å². The molecule has 184 valence electrons. The summed E-state index contributed by atoms with van der Waals surface area (Å²) in [6.07, 6.45) is 0. The van der Waals surface area contributed by atoms with Crippen LogP contribution in [0.3, 0.4) is 0 Å². The highest BCUT2D eigenvalue weighted by Gasteiger charge is 2.23. The maximum Gasteiger partial charge on any atom is 0.234 e. The van der Waals surface area contributed by atoms with Gasteiger partial charge in [-0.3, -0.25) is 9.59 Å². The largest absolute Gasteiger partial charge is 0.369 e. The Hall–Kier alpha value is -2.58. The number of nitrogens with one attached hydrogen (secondary N) is 2. The van der Waals surface area contributed by atoms with E-state index >= 15 is 0 Å². The second-order valence-electron chi connectivity index (χ2n) is 8.72. The predicted octanol–water partition coefficient (Wildman–Crippen LogP) is 4.21. The molecule has 2 N–H and O–H groups in total. The van der Waals surface area contributed by atoms with Gasteiger partial charge in [-0.15, -0.1) is 11.8 Å². The predicted molar refractivity (Wildman–Crippen MR) is 139 cm³/mol. The Kier molecular flexibility index (Phi) is 9.36. The van der Waals surface area contributed by atoms with Crippen LogP contribution in [0.15, 0.2) is 42.5 Å². The van der Waals surface area contributed by atoms with Gasteiger partial charge in [0.05, 0.1) is 17.0 Å². The van der Waals surface area contributed by atoms with Crippen molar-refractivity contribution >= 4 is 35.0 Å². The van der Waals surface area contributed by atoms with Crippen molar-refractivity contribution < 1.29 is 14.0 Å². The third-order valence-electron chi connectivity index (χ3n) is 6.14. The maximum absolute atomic E-state index is 14.1. The number of hydrogen-bond donors (Lipinski definition) is 2. The van der Waals surface area contributed by atoms with E-state index in [2.05, 4.69) is 27.4 Å². The van der Waals surface area contributed by atoms with Crippen molar-refractivity contribution in [3.63, 3.8) is 0 Å². The molecular formula is C26H35FN4O2S. The second kappa shape index (κ2) is 12.2. The van der Waals surface area contributed by atoms with Crippen LogP contribution in [0, 0.1) is 12.7 Å². The summed E-state index contributed by atoms with van der Waals surface area (Å²) in [5.74, 6) is -0.474. The monoisotopic (exact) mass is 486 g/mol. The zero-order valence-corrected chi connectivity index (χ0v) is 21.3. The Morgan fingerprint density at radius 1 is 1.06 bits per heavy atom. The van der Waals surface area contributed by atoms with E-state index in [0.29, 0.717) is 0 Å². The summed E-state index contributed by atoms with van der Waals surface area (Å²) in [4.78, 5) is 29.7. The number of aryl methyl sites for hydroxylation is 1. The average molecular weight is 487 g/mol. The zero-order chi connectivity index (χ0) is 24.7. The van der Waals surface area contributed by atoms with Crippen molar-refractivity contribution in [1.82, 2.24) is 10.2 Å². The van der Waals surface area contributed by atoms with Crippen molar-refractivity contribution in [2.45, 2.75) is 39.0 Å². The van der Waals surface area contributed by atoms with Gasteiger partial charge in [0.2, 0.25) is 11.8 Å². The number of likely N-dealkylation sites (N-methyl/N-ethyl adjacent to an activating group) is 1. The molecule has 2 unspecified atom stereocenters. The highest BCUT2D eigenvalue weighted by atomic mass is 32.2. The van der Waals surface area contributed by atoms with Crippen molar-refractivity contribution in [2.24, 2.45) is 0 Å². The van der Waals surface area contributed by atoms with Crippen LogP contribution in [-0.4, -0.2) is 60.4 Å². The lowest BCUT2D eigenvalue weighted by molar-refractivity contribution is -0.120. The molecule has 3 rings (SSSR count). The molecule has 0 radical (unpaired) electrons. The van der Waals surface area contributed by atoms with Gasteiger partial charge in [-0.2, -0.15) is 0 Å². The number of thioether (sulfide) groups is 1. The number of piperazine rings is 1. The highest BCUT2D eigenvalue weighted by molar-refractivity contribution is 8.01. The first kappa shape index (κ1) is 26.0. The number of amides is 2. The topological polar surface area (TPSA) is 64.7 Å². The lowest BCUT2D eigenvalue weighted by Crippen LogP contribution is -2.46. The fraction of sp³-hybridized carbons (Fsp3) is 0.462. The van der Waals surface area contributed by atoms with E-state index in [0.717, 1.165) is 55.2 Å². The van der Waals surface area contributed by atoms with Crippen LogP contribution < -0.4 is 15.5 Å². The lowest BCUT2D eigenvalue weighted by atomic mass is 10.0. The normalized spacial score (nSPS) is 16.1. The van der Waals surface area contributed by atoms with Crippen molar-refractivity contribution in [1.29, 1.82) is 0 Å². The SMILES string of the molecule is CCN1CCN(c2ccc(F)cc2C(C)NC(=O)C(C)SCC(=O)Nc2ccc(C)cc2)CC1. The van der Waals surface area contributed by atoms with Gasteiger partial charge in [-0.05, 0) is 57.6 Å². The second-order valence-corrected chi connectivity index (χ2v) is 10.1. The van der Waals surface area contributed by atoms with Gasteiger partial charge in [0.1, 0.15) is 5.82 Å². The summed E-state index contributed by atoms with van der Waals surface area (Å²) in [7, 11) is 0. The molecule has 0 spiro atoms. The summed E-state index contributed by atoms with van der Waals surface area (Å²) >= 11 is 1.28. The summed E-state index contributed by atoms with van der Waals surface area (Å²) in [5.41, 5.74) is 3.59. The van der Waals surface area contributed by atoms with E-state index in [1.54, 1.807) is 6.92 Å². The summed E-state index contributed by atoms with van der Waals surface area (Å²) in [6.45, 7) is 12.5. The number of anilines is 2. The number of benzene rings is 2. The highest BCUT2D eigenvalue weighted by Crippen LogP contribution is 2.29. The van der Waals surface area contributed by atoms with Gasteiger partial charge in [-0.1, -0.05) is 24.6 Å². The molecule has 1 fully saturated rings. The fourth-order valence-electron chi connectivity index (χ4n) is 3.98. The first-order valence-corrected chi connectivity index (χ1v) is 12.9. The Morgan fingerprint density at radius 2 is 1.74 bits per heavy atom. The van der Waals surface area contributed by atoms with Gasteiger partial charge in [0.15, 0.2) is 0 Å². The van der Waals surface area contributed by atoms with E-state index in [1.165, 1.54) is 23.9 Å². The maximum atomic E-state index is 14.1. The Balaban J connectivity index is 1.55. The van der Waals surface area contributed by atoms with Crippen molar-refractivity contribution in [3.05, 3.63) is 59.4 Å². The van der Waals surface area contributed by atoms with E-state index in [-0.39, 0.29) is 29.4 Å². The molecular weight excluding hydrogens is 451 g/mol. The van der Waals surface area contributed by atoms with Crippen LogP contribution >= 0.6 is 11.8 Å². The molecule has 2 aromatic carbocycles. The van der Waals surface area contributed by atoms with Gasteiger partial charge >= 0.3 is 0 Å². The summed E-state index contributed by atoms with van der Waals surface area (Å²) in [5, 5.41) is 5.43. The van der Waals surface area contributed by atoms with Crippen LogP contribution in [0.2, 0.25) is 0 Å². The molecule has 6 nitrogen and oxygen atoms in total. The van der Waals surface area contributed by atoms with Crippen LogP contribution in [0.1, 0.15) is 37.9 Å². The first-order chi connectivity index (χ1) is 16.3. The van der Waals surface area contributed by atoms with Gasteiger partial charge in [0.25, 0.3) is 0 Å². The summed E-state index contributed by atoms with van der Waals surface area (Å²) in [6, 6.07) is 12.0. The Labute approximate surface area is 206 Å². The molecule has 0 bridgehead atoms. The average Bonchev–Trinajstić information content (AvgIpc) is 2.84. The molecule has 2 aromatic rings. The molecule has 34 heavy (non-hydrogen) atoms. The first-order valence-electron chi connectivity index (χ1n) is 11.8. The number of carbonyl (C=O) groups is 2. The van der Waals surface area contributed by atoms with E-state index < -0.39 is 5.25 Å². The minimum Gasteiger partial charge on any atom is -0.369 e. The summed E-state index contributed by atoms with van der Waals surface area (Å²) < 4.78 is 14.1. The Bertz CT molecular complexity index is 977. The molecule has 0 saturated carbocycles. The van der Waals surface area contributed by atoms with E-state index in [9.17, 15) is 14.0 Å². The molecule has 0 aromatic heterocycles. The van der Waals surface area contributed by atoms with Gasteiger partial charge < -0.3 is 20.4 Å². The number of nitrogens with zero attached hydrogens (tertiary/aromatic N) is 2. The number of carbonyl (C=O) groups excluding carboxylic acids is 2. The van der Waals surface area contributed by atoms with E-state index in [4.69, 9.17) is 0 Å². The minimum atomic E-state index is -0.420. The third kappa shape index (κ3) is 7.21. The lowest BCUT2D eigenvalue weighted by Gasteiger charge is -2.37. The Morgan fingerprint density at radius 3 is 2.38 bits per heavy atom. The molecule has 0 aliphatic carbocycles. The third-order valence-corrected chi connectivity index (χ3v) is 7.29. The number of halogens is 1. The molecule has 1 aliphatic rings. The molecule has 1 saturated heterocycles. The molecule has 2 amide bonds. The van der Waals surface area contributed by atoms with Gasteiger partial charge in [-0.25, -0.2) is 4.39 Å². The van der Waals surface area contributed by atoms with Gasteiger partial charge in [0, 0.05) is 43.1 Å². The van der Waals surface area contributed by atoms with Crippen LogP contribution in [0.25, 0.3) is 0 Å². The van der Waals surface area contributed by atoms with Crippen LogP contribution in [0.5, 0.6) is 0 Å².